The molecule has 0 aliphatic heterocycles. The molecule has 2 aromatic rings. The van der Waals surface area contributed by atoms with Gasteiger partial charge in [-0.3, -0.25) is 9.59 Å². The molecule has 0 heterocycles. The highest BCUT2D eigenvalue weighted by atomic mass is 35.5. The number of carbonyl (C=O) groups is 2. The average molecular weight is 545 g/mol. The van der Waals surface area contributed by atoms with Gasteiger partial charge in [-0.25, -0.2) is 13.3 Å². The number of halogens is 3. The summed E-state index contributed by atoms with van der Waals surface area (Å²) in [6.45, 7) is 4.87. The second kappa shape index (κ2) is 15.2. The predicted molar refractivity (Wildman–Crippen MR) is 139 cm³/mol. The molecule has 192 valence electrons. The van der Waals surface area contributed by atoms with Crippen LogP contribution in [0.3, 0.4) is 0 Å². The molecule has 6 nitrogen and oxygen atoms in total. The molecule has 10 heteroatoms. The highest BCUT2D eigenvalue weighted by Gasteiger charge is 2.21. The second-order valence-electron chi connectivity index (χ2n) is 8.61. The topological polar surface area (TPSA) is 87.3 Å². The van der Waals surface area contributed by atoms with Crippen LogP contribution in [-0.2, 0) is 27.0 Å². The van der Waals surface area contributed by atoms with E-state index in [-0.39, 0.29) is 29.2 Å². The van der Waals surface area contributed by atoms with Crippen LogP contribution in [0.25, 0.3) is 0 Å². The zero-order chi connectivity index (χ0) is 25.8. The van der Waals surface area contributed by atoms with Crippen LogP contribution < -0.4 is 15.4 Å². The van der Waals surface area contributed by atoms with Crippen LogP contribution in [0, 0.1) is 11.7 Å². The number of unbranched alkanes of at least 4 members (excludes halogenated alkanes) is 1. The van der Waals surface area contributed by atoms with Gasteiger partial charge in [0.15, 0.2) is 0 Å². The first kappa shape index (κ1) is 29.2. The van der Waals surface area contributed by atoms with E-state index in [0.717, 1.165) is 11.6 Å². The Morgan fingerprint density at radius 3 is 2.37 bits per heavy atom. The van der Waals surface area contributed by atoms with Crippen molar-refractivity contribution in [1.29, 1.82) is 0 Å². The summed E-state index contributed by atoms with van der Waals surface area (Å²) >= 11 is 11.8. The summed E-state index contributed by atoms with van der Waals surface area (Å²) < 4.78 is 28.2. The van der Waals surface area contributed by atoms with E-state index in [4.69, 9.17) is 23.2 Å². The van der Waals surface area contributed by atoms with Gasteiger partial charge in [0.05, 0.1) is 9.92 Å². The van der Waals surface area contributed by atoms with E-state index in [1.807, 2.05) is 26.0 Å². The lowest BCUT2D eigenvalue weighted by Crippen LogP contribution is -2.47. The largest absolute Gasteiger partial charge is 0.354 e. The van der Waals surface area contributed by atoms with Crippen molar-refractivity contribution < 1.29 is 18.2 Å². The lowest BCUT2D eigenvalue weighted by atomic mass is 10.0. The van der Waals surface area contributed by atoms with Crippen LogP contribution >= 0.6 is 23.2 Å². The molecule has 2 rings (SSSR count). The van der Waals surface area contributed by atoms with Crippen LogP contribution in [0.5, 0.6) is 0 Å². The van der Waals surface area contributed by atoms with Crippen LogP contribution in [0.4, 0.5) is 4.39 Å². The van der Waals surface area contributed by atoms with Gasteiger partial charge in [0, 0.05) is 24.5 Å². The molecule has 0 saturated carbocycles. The Labute approximate surface area is 218 Å². The summed E-state index contributed by atoms with van der Waals surface area (Å²) in [5.41, 5.74) is 1.01. The van der Waals surface area contributed by atoms with E-state index < -0.39 is 22.8 Å². The number of rotatable bonds is 14. The van der Waals surface area contributed by atoms with Gasteiger partial charge in [-0.2, -0.15) is 0 Å². The van der Waals surface area contributed by atoms with Crippen molar-refractivity contribution in [2.75, 3.05) is 13.1 Å². The zero-order valence-corrected chi connectivity index (χ0v) is 22.2. The smallest absolute Gasteiger partial charge is 0.242 e. The summed E-state index contributed by atoms with van der Waals surface area (Å²) in [5.74, 6) is -0.639. The highest BCUT2D eigenvalue weighted by Crippen LogP contribution is 2.19. The summed E-state index contributed by atoms with van der Waals surface area (Å²) in [6, 6.07) is 10.5. The van der Waals surface area contributed by atoms with Gasteiger partial charge in [0.25, 0.3) is 0 Å². The predicted octanol–water partition coefficient (Wildman–Crippen LogP) is 4.80. The summed E-state index contributed by atoms with van der Waals surface area (Å²) in [5, 5.41) is 6.48. The number of carbonyl (C=O) groups excluding carboxylic acids is 2. The standard InChI is InChI=1S/C25H32Cl2FN3O3S/c1-17(2)15-22(31-24(32)12-7-18-5-8-19(26)9-6-18)25(33)29-13-3-4-14-30-35(34)23-11-10-20(28)16-21(23)27/h5-6,8-11,16-17,22,30H,3-4,7,12-15H2,1-2H3,(H,29,33)(H,31,32). The van der Waals surface area contributed by atoms with E-state index in [0.29, 0.717) is 48.7 Å². The van der Waals surface area contributed by atoms with Gasteiger partial charge in [-0.1, -0.05) is 49.2 Å². The lowest BCUT2D eigenvalue weighted by Gasteiger charge is -2.20. The number of hydrogen-bond acceptors (Lipinski definition) is 3. The number of nitrogens with one attached hydrogen (secondary N) is 3. The molecule has 2 aromatic carbocycles. The quantitative estimate of drug-likeness (QED) is 0.299. The van der Waals surface area contributed by atoms with E-state index >= 15 is 0 Å². The molecular formula is C25H32Cl2FN3O3S. The van der Waals surface area contributed by atoms with Crippen LogP contribution in [0.15, 0.2) is 47.4 Å². The van der Waals surface area contributed by atoms with Gasteiger partial charge in [0.1, 0.15) is 22.8 Å². The molecule has 0 aromatic heterocycles. The molecular weight excluding hydrogens is 512 g/mol. The van der Waals surface area contributed by atoms with Crippen molar-refractivity contribution >= 4 is 46.0 Å². The van der Waals surface area contributed by atoms with Crippen molar-refractivity contribution in [2.24, 2.45) is 5.92 Å². The van der Waals surface area contributed by atoms with E-state index in [1.165, 1.54) is 12.1 Å². The Morgan fingerprint density at radius 2 is 1.71 bits per heavy atom. The molecule has 0 spiro atoms. The molecule has 2 amide bonds. The van der Waals surface area contributed by atoms with Crippen molar-refractivity contribution in [2.45, 2.75) is 56.9 Å². The molecule has 0 bridgehead atoms. The molecule has 0 radical (unpaired) electrons. The van der Waals surface area contributed by atoms with Crippen molar-refractivity contribution in [1.82, 2.24) is 15.4 Å². The summed E-state index contributed by atoms with van der Waals surface area (Å²) in [7, 11) is -1.55. The first-order valence-corrected chi connectivity index (χ1v) is 13.5. The minimum atomic E-state index is -1.55. The van der Waals surface area contributed by atoms with Crippen LogP contribution in [0.1, 0.15) is 45.1 Å². The molecule has 2 unspecified atom stereocenters. The van der Waals surface area contributed by atoms with Gasteiger partial charge < -0.3 is 10.6 Å². The molecule has 3 N–H and O–H groups in total. The highest BCUT2D eigenvalue weighted by molar-refractivity contribution is 7.83. The number of amides is 2. The van der Waals surface area contributed by atoms with Crippen LogP contribution in [-0.4, -0.2) is 35.2 Å². The maximum absolute atomic E-state index is 13.1. The Hall–Kier alpha value is -2.00. The van der Waals surface area contributed by atoms with E-state index in [9.17, 15) is 18.2 Å². The maximum atomic E-state index is 13.1. The fraction of sp³-hybridized carbons (Fsp3) is 0.440. The maximum Gasteiger partial charge on any atom is 0.242 e. The zero-order valence-electron chi connectivity index (χ0n) is 19.9. The number of benzene rings is 2. The third kappa shape index (κ3) is 11.1. The summed E-state index contributed by atoms with van der Waals surface area (Å²) in [4.78, 5) is 25.4. The van der Waals surface area contributed by atoms with Gasteiger partial charge in [0.2, 0.25) is 11.8 Å². The van der Waals surface area contributed by atoms with Crippen molar-refractivity contribution in [3.8, 4) is 0 Å². The minimum absolute atomic E-state index is 0.106. The van der Waals surface area contributed by atoms with E-state index in [1.54, 1.807) is 12.1 Å². The van der Waals surface area contributed by atoms with Crippen molar-refractivity contribution in [3.05, 3.63) is 63.9 Å². The third-order valence-corrected chi connectivity index (χ3v) is 7.04. The van der Waals surface area contributed by atoms with Gasteiger partial charge in [-0.15, -0.1) is 0 Å². The molecule has 35 heavy (non-hydrogen) atoms. The second-order valence-corrected chi connectivity index (χ2v) is 10.7. The molecule has 0 aliphatic rings. The Bertz CT molecular complexity index is 1010. The lowest BCUT2D eigenvalue weighted by molar-refractivity contribution is -0.129. The van der Waals surface area contributed by atoms with E-state index in [2.05, 4.69) is 15.4 Å². The average Bonchev–Trinajstić information content (AvgIpc) is 2.80. The fourth-order valence-electron chi connectivity index (χ4n) is 3.33. The first-order valence-electron chi connectivity index (χ1n) is 11.6. The first-order chi connectivity index (χ1) is 16.7. The summed E-state index contributed by atoms with van der Waals surface area (Å²) in [6.07, 6.45) is 2.71. The molecule has 2 atom stereocenters. The van der Waals surface area contributed by atoms with Gasteiger partial charge in [-0.05, 0) is 67.5 Å². The molecule has 0 saturated heterocycles. The van der Waals surface area contributed by atoms with Crippen molar-refractivity contribution in [3.63, 3.8) is 0 Å². The Kier molecular flexibility index (Phi) is 12.7. The monoisotopic (exact) mass is 543 g/mol. The molecule has 0 fully saturated rings. The third-order valence-electron chi connectivity index (χ3n) is 5.14. The van der Waals surface area contributed by atoms with Crippen LogP contribution in [0.2, 0.25) is 10.0 Å². The minimum Gasteiger partial charge on any atom is -0.354 e. The Balaban J connectivity index is 1.71. The SMILES string of the molecule is CC(C)CC(NC(=O)CCc1ccc(Cl)cc1)C(=O)NCCCCNS(=O)c1ccc(F)cc1Cl. The Morgan fingerprint density at radius 1 is 1.03 bits per heavy atom. The van der Waals surface area contributed by atoms with Gasteiger partial charge >= 0.3 is 0 Å². The normalized spacial score (nSPS) is 12.9. The number of aryl methyl sites for hydroxylation is 1. The molecule has 0 aliphatic carbocycles. The number of hydrogen-bond donors (Lipinski definition) is 3. The fourth-order valence-corrected chi connectivity index (χ4v) is 4.75.